The Hall–Kier alpha value is -2.58. The highest BCUT2D eigenvalue weighted by Crippen LogP contribution is 2.70. The SMILES string of the molecule is COc1cccc(N(CC23CCC(c4noc(C(C)(F)F)n4)(CC2)CC3)C(=O)C23CC(F)(C2)C3)c1. The highest BCUT2D eigenvalue weighted by Gasteiger charge is 2.73. The Balaban J connectivity index is 1.24. The number of fused-ring (bicyclic) bond motifs is 3. The number of halogens is 3. The van der Waals surface area contributed by atoms with Crippen LogP contribution in [0.25, 0.3) is 0 Å². The number of rotatable bonds is 7. The van der Waals surface area contributed by atoms with Crippen molar-refractivity contribution < 1.29 is 27.2 Å². The van der Waals surface area contributed by atoms with E-state index in [1.807, 2.05) is 29.2 Å². The molecule has 6 fully saturated rings. The summed E-state index contributed by atoms with van der Waals surface area (Å²) >= 11 is 0. The highest BCUT2D eigenvalue weighted by atomic mass is 19.3. The van der Waals surface area contributed by atoms with E-state index < -0.39 is 22.9 Å². The van der Waals surface area contributed by atoms with E-state index in [9.17, 15) is 18.0 Å². The van der Waals surface area contributed by atoms with Crippen molar-refractivity contribution in [3.05, 3.63) is 36.0 Å². The van der Waals surface area contributed by atoms with E-state index in [0.29, 0.717) is 37.4 Å². The third kappa shape index (κ3) is 3.48. The zero-order valence-electron chi connectivity index (χ0n) is 20.1. The largest absolute Gasteiger partial charge is 0.497 e. The molecule has 0 radical (unpaired) electrons. The molecule has 2 aromatic rings. The summed E-state index contributed by atoms with van der Waals surface area (Å²) in [4.78, 5) is 19.7. The molecule has 8 rings (SSSR count). The molecule has 4 bridgehead atoms. The van der Waals surface area contributed by atoms with Crippen molar-refractivity contribution in [1.82, 2.24) is 10.1 Å². The summed E-state index contributed by atoms with van der Waals surface area (Å²) in [7, 11) is 1.59. The molecule has 0 saturated heterocycles. The number of carbonyl (C=O) groups excluding carboxylic acids is 1. The average Bonchev–Trinajstić information content (AvgIpc) is 3.33. The summed E-state index contributed by atoms with van der Waals surface area (Å²) in [5, 5.41) is 3.94. The summed E-state index contributed by atoms with van der Waals surface area (Å²) < 4.78 is 51.9. The first-order valence-electron chi connectivity index (χ1n) is 12.4. The average molecular weight is 490 g/mol. The standard InChI is InChI=1S/C26H30F3N3O3/c1-22(27,28)20-30-19(31-35-20)24-9-6-23(7-10-24,8-11-24)16-32(17-4-3-5-18(12-17)34-2)21(33)25-13-26(29,14-25)15-25/h3-5,12H,6-11,13-16H2,1-2H3. The van der Waals surface area contributed by atoms with Crippen molar-refractivity contribution in [3.63, 3.8) is 0 Å². The molecule has 0 aliphatic heterocycles. The van der Waals surface area contributed by atoms with E-state index in [4.69, 9.17) is 9.26 Å². The zero-order valence-corrected chi connectivity index (χ0v) is 20.1. The highest BCUT2D eigenvalue weighted by molar-refractivity contribution is 6.00. The van der Waals surface area contributed by atoms with Crippen LogP contribution in [0.3, 0.4) is 0 Å². The Morgan fingerprint density at radius 3 is 2.34 bits per heavy atom. The molecule has 1 heterocycles. The number of methoxy groups -OCH3 is 1. The number of carbonyl (C=O) groups is 1. The maximum atomic E-state index is 14.3. The fraction of sp³-hybridized carbons (Fsp3) is 0.654. The molecule has 6 aliphatic carbocycles. The molecule has 0 unspecified atom stereocenters. The van der Waals surface area contributed by atoms with Crippen molar-refractivity contribution in [1.29, 1.82) is 0 Å². The normalized spacial score (nSPS) is 35.2. The molecule has 0 atom stereocenters. The number of alkyl halides is 3. The molecule has 35 heavy (non-hydrogen) atoms. The molecular formula is C26H30F3N3O3. The quantitative estimate of drug-likeness (QED) is 0.499. The summed E-state index contributed by atoms with van der Waals surface area (Å²) in [5.41, 5.74) is -1.39. The van der Waals surface area contributed by atoms with Crippen molar-refractivity contribution in [2.75, 3.05) is 18.6 Å². The van der Waals surface area contributed by atoms with Gasteiger partial charge in [-0.05, 0) is 75.3 Å². The summed E-state index contributed by atoms with van der Waals surface area (Å²) in [6.45, 7) is 1.32. The van der Waals surface area contributed by atoms with Crippen LogP contribution in [-0.4, -0.2) is 35.4 Å². The second-order valence-corrected chi connectivity index (χ2v) is 11.6. The summed E-state index contributed by atoms with van der Waals surface area (Å²) in [6.07, 6.45) is 5.76. The Bertz CT molecular complexity index is 1130. The van der Waals surface area contributed by atoms with Gasteiger partial charge in [-0.2, -0.15) is 13.8 Å². The van der Waals surface area contributed by atoms with Gasteiger partial charge in [-0.3, -0.25) is 4.79 Å². The smallest absolute Gasteiger partial charge is 0.322 e. The van der Waals surface area contributed by atoms with E-state index in [0.717, 1.165) is 51.1 Å². The van der Waals surface area contributed by atoms with E-state index in [-0.39, 0.29) is 16.7 Å². The molecular weight excluding hydrogens is 459 g/mol. The number of nitrogens with zero attached hydrogens (tertiary/aromatic N) is 3. The van der Waals surface area contributed by atoms with Crippen LogP contribution < -0.4 is 9.64 Å². The molecule has 6 saturated carbocycles. The van der Waals surface area contributed by atoms with Crippen LogP contribution in [0.1, 0.15) is 76.4 Å². The molecule has 6 nitrogen and oxygen atoms in total. The summed E-state index contributed by atoms with van der Waals surface area (Å²) in [6, 6.07) is 7.49. The molecule has 1 aromatic heterocycles. The van der Waals surface area contributed by atoms with E-state index in [1.165, 1.54) is 0 Å². The summed E-state index contributed by atoms with van der Waals surface area (Å²) in [5.74, 6) is -2.74. The van der Waals surface area contributed by atoms with E-state index in [2.05, 4.69) is 10.1 Å². The third-order valence-electron chi connectivity index (χ3n) is 9.20. The topological polar surface area (TPSA) is 68.5 Å². The van der Waals surface area contributed by atoms with Gasteiger partial charge in [0.05, 0.1) is 12.5 Å². The van der Waals surface area contributed by atoms with Gasteiger partial charge in [-0.15, -0.1) is 0 Å². The number of ether oxygens (including phenoxy) is 1. The van der Waals surface area contributed by atoms with Crippen LogP contribution in [-0.2, 0) is 16.1 Å². The Kier molecular flexibility index (Phi) is 4.72. The molecule has 0 spiro atoms. The van der Waals surface area contributed by atoms with Gasteiger partial charge in [0.25, 0.3) is 5.89 Å². The fourth-order valence-electron chi connectivity index (χ4n) is 7.02. The van der Waals surface area contributed by atoms with Crippen LogP contribution in [0.15, 0.2) is 28.8 Å². The van der Waals surface area contributed by atoms with Crippen LogP contribution in [0.2, 0.25) is 0 Å². The molecule has 6 aliphatic rings. The first-order chi connectivity index (χ1) is 16.5. The van der Waals surface area contributed by atoms with Gasteiger partial charge in [0.1, 0.15) is 11.4 Å². The Morgan fingerprint density at radius 2 is 1.80 bits per heavy atom. The predicted molar refractivity (Wildman–Crippen MR) is 121 cm³/mol. The number of hydrogen-bond donors (Lipinski definition) is 0. The monoisotopic (exact) mass is 489 g/mol. The minimum absolute atomic E-state index is 0.00931. The minimum atomic E-state index is -3.16. The number of amides is 1. The maximum Gasteiger partial charge on any atom is 0.322 e. The van der Waals surface area contributed by atoms with Crippen LogP contribution in [0.4, 0.5) is 18.9 Å². The number of aromatic nitrogens is 2. The molecule has 1 amide bonds. The lowest BCUT2D eigenvalue weighted by Gasteiger charge is -2.65. The first kappa shape index (κ1) is 22.9. The van der Waals surface area contributed by atoms with Gasteiger partial charge >= 0.3 is 5.92 Å². The maximum absolute atomic E-state index is 14.3. The van der Waals surface area contributed by atoms with Crippen LogP contribution in [0.5, 0.6) is 5.75 Å². The van der Waals surface area contributed by atoms with Gasteiger partial charge in [-0.1, -0.05) is 11.2 Å². The van der Waals surface area contributed by atoms with Gasteiger partial charge in [0.2, 0.25) is 5.91 Å². The number of hydrogen-bond acceptors (Lipinski definition) is 5. The van der Waals surface area contributed by atoms with Crippen molar-refractivity contribution >= 4 is 11.6 Å². The lowest BCUT2D eigenvalue weighted by atomic mass is 9.41. The van der Waals surface area contributed by atoms with E-state index >= 15 is 0 Å². The lowest BCUT2D eigenvalue weighted by Crippen LogP contribution is -2.71. The second-order valence-electron chi connectivity index (χ2n) is 11.6. The van der Waals surface area contributed by atoms with Gasteiger partial charge in [-0.25, -0.2) is 4.39 Å². The van der Waals surface area contributed by atoms with Gasteiger partial charge in [0, 0.05) is 30.6 Å². The minimum Gasteiger partial charge on any atom is -0.497 e. The van der Waals surface area contributed by atoms with Gasteiger partial charge in [0.15, 0.2) is 5.82 Å². The Labute approximate surface area is 202 Å². The van der Waals surface area contributed by atoms with Crippen molar-refractivity contribution in [2.24, 2.45) is 10.8 Å². The molecule has 188 valence electrons. The lowest BCUT2D eigenvalue weighted by molar-refractivity contribution is -0.211. The second kappa shape index (κ2) is 7.23. The van der Waals surface area contributed by atoms with Crippen LogP contribution in [0, 0.1) is 10.8 Å². The van der Waals surface area contributed by atoms with E-state index in [1.54, 1.807) is 7.11 Å². The third-order valence-corrected chi connectivity index (χ3v) is 9.20. The number of benzene rings is 1. The predicted octanol–water partition coefficient (Wildman–Crippen LogP) is 5.71. The number of anilines is 1. The zero-order chi connectivity index (χ0) is 24.7. The van der Waals surface area contributed by atoms with Crippen molar-refractivity contribution in [3.8, 4) is 5.75 Å². The van der Waals surface area contributed by atoms with Crippen molar-refractivity contribution in [2.45, 2.75) is 81.7 Å². The first-order valence-corrected chi connectivity index (χ1v) is 12.4. The Morgan fingerprint density at radius 1 is 1.14 bits per heavy atom. The fourth-order valence-corrected chi connectivity index (χ4v) is 7.02. The molecule has 9 heteroatoms. The van der Waals surface area contributed by atoms with Crippen LogP contribution >= 0.6 is 0 Å². The molecule has 0 N–H and O–H groups in total. The molecule has 1 aromatic carbocycles. The van der Waals surface area contributed by atoms with Gasteiger partial charge < -0.3 is 14.2 Å².